The van der Waals surface area contributed by atoms with Crippen LogP contribution in [0.2, 0.25) is 10.0 Å². The molecule has 0 saturated heterocycles. The predicted molar refractivity (Wildman–Crippen MR) is 73.7 cm³/mol. The number of halogens is 2. The summed E-state index contributed by atoms with van der Waals surface area (Å²) >= 11 is 13.3. The van der Waals surface area contributed by atoms with Crippen LogP contribution in [0, 0.1) is 10.1 Å². The molecule has 6 heteroatoms. The standard InChI is InChI=1S/C12H7Cl2NO2S/c13-8-1-6-11(14)12(7-8)18-10-4-2-9(3-5-10)15(16)17/h1-7H. The molecule has 0 aromatic heterocycles. The number of non-ortho nitro benzene ring substituents is 1. The van der Waals surface area contributed by atoms with Gasteiger partial charge in [0, 0.05) is 26.9 Å². The van der Waals surface area contributed by atoms with Crippen LogP contribution in [0.25, 0.3) is 0 Å². The fourth-order valence-electron chi connectivity index (χ4n) is 1.32. The predicted octanol–water partition coefficient (Wildman–Crippen LogP) is 5.05. The molecule has 0 saturated carbocycles. The Hall–Kier alpha value is -1.23. The zero-order valence-corrected chi connectivity index (χ0v) is 11.3. The molecule has 2 aromatic carbocycles. The number of rotatable bonds is 3. The van der Waals surface area contributed by atoms with Gasteiger partial charge in [-0.1, -0.05) is 35.0 Å². The number of nitrogens with zero attached hydrogens (tertiary/aromatic N) is 1. The summed E-state index contributed by atoms with van der Waals surface area (Å²) in [7, 11) is 0. The van der Waals surface area contributed by atoms with E-state index in [1.54, 1.807) is 30.3 Å². The summed E-state index contributed by atoms with van der Waals surface area (Å²) in [5, 5.41) is 11.7. The van der Waals surface area contributed by atoms with E-state index in [9.17, 15) is 10.1 Å². The van der Waals surface area contributed by atoms with Gasteiger partial charge in [-0.15, -0.1) is 0 Å². The Kier molecular flexibility index (Phi) is 4.11. The summed E-state index contributed by atoms with van der Waals surface area (Å²) in [4.78, 5) is 11.8. The Morgan fingerprint density at radius 2 is 1.72 bits per heavy atom. The molecule has 2 rings (SSSR count). The van der Waals surface area contributed by atoms with Crippen molar-refractivity contribution in [2.45, 2.75) is 9.79 Å². The van der Waals surface area contributed by atoms with Crippen LogP contribution in [-0.4, -0.2) is 4.92 Å². The van der Waals surface area contributed by atoms with Gasteiger partial charge in [0.2, 0.25) is 0 Å². The van der Waals surface area contributed by atoms with E-state index >= 15 is 0 Å². The Balaban J connectivity index is 2.23. The molecule has 0 unspecified atom stereocenters. The van der Waals surface area contributed by atoms with Crippen molar-refractivity contribution in [1.82, 2.24) is 0 Å². The van der Waals surface area contributed by atoms with Crippen molar-refractivity contribution in [3.05, 3.63) is 62.6 Å². The molecule has 0 aliphatic heterocycles. The van der Waals surface area contributed by atoms with Gasteiger partial charge in [0.05, 0.1) is 9.95 Å². The Morgan fingerprint density at radius 1 is 1.06 bits per heavy atom. The molecule has 0 atom stereocenters. The zero-order valence-electron chi connectivity index (χ0n) is 8.97. The van der Waals surface area contributed by atoms with Crippen LogP contribution in [0.5, 0.6) is 0 Å². The van der Waals surface area contributed by atoms with Gasteiger partial charge in [-0.05, 0) is 30.3 Å². The van der Waals surface area contributed by atoms with Crippen molar-refractivity contribution >= 4 is 40.7 Å². The highest BCUT2D eigenvalue weighted by Crippen LogP contribution is 2.35. The Labute approximate surface area is 118 Å². The van der Waals surface area contributed by atoms with E-state index in [-0.39, 0.29) is 5.69 Å². The first kappa shape index (κ1) is 13.2. The minimum absolute atomic E-state index is 0.0662. The summed E-state index contributed by atoms with van der Waals surface area (Å²) in [5.41, 5.74) is 0.0662. The lowest BCUT2D eigenvalue weighted by Crippen LogP contribution is -1.86. The average Bonchev–Trinajstić information content (AvgIpc) is 2.34. The molecule has 0 amide bonds. The first-order valence-corrected chi connectivity index (χ1v) is 6.51. The molecule has 0 spiro atoms. The first-order valence-electron chi connectivity index (χ1n) is 4.93. The quantitative estimate of drug-likeness (QED) is 0.588. The van der Waals surface area contributed by atoms with Gasteiger partial charge in [-0.25, -0.2) is 0 Å². The molecule has 92 valence electrons. The molecule has 3 nitrogen and oxygen atoms in total. The maximum atomic E-state index is 10.5. The number of hydrogen-bond donors (Lipinski definition) is 0. The highest BCUT2D eigenvalue weighted by molar-refractivity contribution is 7.99. The molecule has 0 heterocycles. The van der Waals surface area contributed by atoms with Gasteiger partial charge < -0.3 is 0 Å². The van der Waals surface area contributed by atoms with Crippen LogP contribution in [0.1, 0.15) is 0 Å². The van der Waals surface area contributed by atoms with E-state index in [1.807, 2.05) is 0 Å². The second kappa shape index (κ2) is 5.61. The Bertz CT molecular complexity index is 587. The van der Waals surface area contributed by atoms with Crippen LogP contribution in [-0.2, 0) is 0 Å². The number of benzene rings is 2. The largest absolute Gasteiger partial charge is 0.269 e. The van der Waals surface area contributed by atoms with Crippen molar-refractivity contribution in [3.63, 3.8) is 0 Å². The fraction of sp³-hybridized carbons (Fsp3) is 0. The van der Waals surface area contributed by atoms with E-state index in [1.165, 1.54) is 23.9 Å². The van der Waals surface area contributed by atoms with Crippen LogP contribution in [0.15, 0.2) is 52.3 Å². The summed E-state index contributed by atoms with van der Waals surface area (Å²) < 4.78 is 0. The van der Waals surface area contributed by atoms with Crippen molar-refractivity contribution in [3.8, 4) is 0 Å². The third kappa shape index (κ3) is 3.16. The lowest BCUT2D eigenvalue weighted by Gasteiger charge is -2.04. The molecular weight excluding hydrogens is 293 g/mol. The third-order valence-corrected chi connectivity index (χ3v) is 3.91. The molecule has 0 radical (unpaired) electrons. The molecule has 0 fully saturated rings. The smallest absolute Gasteiger partial charge is 0.258 e. The highest BCUT2D eigenvalue weighted by atomic mass is 35.5. The maximum Gasteiger partial charge on any atom is 0.269 e. The average molecular weight is 300 g/mol. The minimum Gasteiger partial charge on any atom is -0.258 e. The van der Waals surface area contributed by atoms with E-state index in [4.69, 9.17) is 23.2 Å². The molecular formula is C12H7Cl2NO2S. The first-order chi connectivity index (χ1) is 8.56. The molecule has 18 heavy (non-hydrogen) atoms. The number of nitro groups is 1. The fourth-order valence-corrected chi connectivity index (χ4v) is 2.67. The second-order valence-electron chi connectivity index (χ2n) is 3.43. The van der Waals surface area contributed by atoms with E-state index in [2.05, 4.69) is 0 Å². The SMILES string of the molecule is O=[N+]([O-])c1ccc(Sc2cc(Cl)ccc2Cl)cc1. The van der Waals surface area contributed by atoms with E-state index < -0.39 is 4.92 Å². The second-order valence-corrected chi connectivity index (χ2v) is 5.39. The number of hydrogen-bond acceptors (Lipinski definition) is 3. The van der Waals surface area contributed by atoms with Gasteiger partial charge in [-0.3, -0.25) is 10.1 Å². The van der Waals surface area contributed by atoms with Crippen molar-refractivity contribution < 1.29 is 4.92 Å². The van der Waals surface area contributed by atoms with Crippen LogP contribution in [0.3, 0.4) is 0 Å². The number of nitro benzene ring substituents is 1. The van der Waals surface area contributed by atoms with Crippen molar-refractivity contribution in [2.24, 2.45) is 0 Å². The minimum atomic E-state index is -0.430. The summed E-state index contributed by atoms with van der Waals surface area (Å²) in [6.07, 6.45) is 0. The molecule has 2 aromatic rings. The van der Waals surface area contributed by atoms with Gasteiger partial charge >= 0.3 is 0 Å². The molecule has 0 bridgehead atoms. The van der Waals surface area contributed by atoms with Crippen LogP contribution in [0.4, 0.5) is 5.69 Å². The molecule has 0 aliphatic carbocycles. The lowest BCUT2D eigenvalue weighted by molar-refractivity contribution is -0.384. The molecule has 0 N–H and O–H groups in total. The van der Waals surface area contributed by atoms with Crippen molar-refractivity contribution in [2.75, 3.05) is 0 Å². The van der Waals surface area contributed by atoms with Crippen molar-refractivity contribution in [1.29, 1.82) is 0 Å². The van der Waals surface area contributed by atoms with Gasteiger partial charge in [0.25, 0.3) is 5.69 Å². The lowest BCUT2D eigenvalue weighted by atomic mass is 10.3. The van der Waals surface area contributed by atoms with E-state index in [0.29, 0.717) is 10.0 Å². The van der Waals surface area contributed by atoms with E-state index in [0.717, 1.165) is 9.79 Å². The summed E-state index contributed by atoms with van der Waals surface area (Å²) in [6, 6.07) is 11.5. The topological polar surface area (TPSA) is 43.1 Å². The van der Waals surface area contributed by atoms with Crippen LogP contribution >= 0.6 is 35.0 Å². The molecule has 0 aliphatic rings. The monoisotopic (exact) mass is 299 g/mol. The van der Waals surface area contributed by atoms with Crippen LogP contribution < -0.4 is 0 Å². The normalized spacial score (nSPS) is 10.3. The van der Waals surface area contributed by atoms with Gasteiger partial charge in [0.1, 0.15) is 0 Å². The van der Waals surface area contributed by atoms with Gasteiger partial charge in [-0.2, -0.15) is 0 Å². The summed E-state index contributed by atoms with van der Waals surface area (Å²) in [6.45, 7) is 0. The maximum absolute atomic E-state index is 10.5. The van der Waals surface area contributed by atoms with Gasteiger partial charge in [0.15, 0.2) is 0 Å². The highest BCUT2D eigenvalue weighted by Gasteiger charge is 2.07. The summed E-state index contributed by atoms with van der Waals surface area (Å²) in [5.74, 6) is 0. The zero-order chi connectivity index (χ0) is 13.1. The third-order valence-electron chi connectivity index (χ3n) is 2.17. The Morgan fingerprint density at radius 3 is 2.33 bits per heavy atom.